The average molecular weight is 294 g/mol. The summed E-state index contributed by atoms with van der Waals surface area (Å²) < 4.78 is 11.4. The lowest BCUT2D eigenvalue weighted by Gasteiger charge is -2.59. The maximum Gasteiger partial charge on any atom is 0.157 e. The standard InChI is InChI=1S/C18H30O3/c19-18(5-3-7-21-17-4-1-2-6-20-17)15-9-13-8-14(11-15)12-16(18)10-13/h13-17,19H,1-12H2/t13?,14?,15?,16?,17-,18?/m0/s1. The molecule has 1 heterocycles. The Kier molecular flexibility index (Phi) is 4.01. The lowest BCUT2D eigenvalue weighted by atomic mass is 9.49. The summed E-state index contributed by atoms with van der Waals surface area (Å²) in [5.74, 6) is 3.03. The third kappa shape index (κ3) is 2.77. The van der Waals surface area contributed by atoms with Crippen LogP contribution < -0.4 is 0 Å². The molecule has 1 N–H and O–H groups in total. The highest BCUT2D eigenvalue weighted by Gasteiger charge is 2.55. The van der Waals surface area contributed by atoms with Gasteiger partial charge in [-0.15, -0.1) is 0 Å². The molecule has 3 heteroatoms. The van der Waals surface area contributed by atoms with Crippen LogP contribution in [0.2, 0.25) is 0 Å². The van der Waals surface area contributed by atoms with Crippen LogP contribution in [0.1, 0.15) is 64.2 Å². The van der Waals surface area contributed by atoms with Gasteiger partial charge in [0, 0.05) is 13.2 Å². The van der Waals surface area contributed by atoms with Gasteiger partial charge in [-0.25, -0.2) is 0 Å². The van der Waals surface area contributed by atoms with E-state index in [-0.39, 0.29) is 11.9 Å². The van der Waals surface area contributed by atoms with Gasteiger partial charge in [0.15, 0.2) is 6.29 Å². The molecule has 5 rings (SSSR count). The molecule has 0 amide bonds. The Labute approximate surface area is 128 Å². The summed E-state index contributed by atoms with van der Waals surface area (Å²) in [5.41, 5.74) is -0.371. The van der Waals surface area contributed by atoms with Gasteiger partial charge < -0.3 is 14.6 Å². The average Bonchev–Trinajstić information content (AvgIpc) is 2.50. The largest absolute Gasteiger partial charge is 0.389 e. The van der Waals surface area contributed by atoms with Crippen LogP contribution in [-0.2, 0) is 9.47 Å². The molecule has 0 radical (unpaired) electrons. The summed E-state index contributed by atoms with van der Waals surface area (Å²) in [6.45, 7) is 1.60. The van der Waals surface area contributed by atoms with Gasteiger partial charge in [0.05, 0.1) is 5.60 Å². The zero-order chi connectivity index (χ0) is 14.3. The second-order valence-electron chi connectivity index (χ2n) is 8.07. The van der Waals surface area contributed by atoms with Crippen LogP contribution in [0, 0.1) is 23.7 Å². The maximum absolute atomic E-state index is 11.2. The molecule has 4 bridgehead atoms. The van der Waals surface area contributed by atoms with Crippen molar-refractivity contribution >= 4 is 0 Å². The summed E-state index contributed by atoms with van der Waals surface area (Å²) in [4.78, 5) is 0. The highest BCUT2D eigenvalue weighted by molar-refractivity contribution is 5.06. The van der Waals surface area contributed by atoms with Crippen LogP contribution in [0.15, 0.2) is 0 Å². The van der Waals surface area contributed by atoms with Gasteiger partial charge in [0.2, 0.25) is 0 Å². The van der Waals surface area contributed by atoms with Crippen molar-refractivity contribution < 1.29 is 14.6 Å². The van der Waals surface area contributed by atoms with Crippen molar-refractivity contribution in [3.63, 3.8) is 0 Å². The molecular weight excluding hydrogens is 264 g/mol. The van der Waals surface area contributed by atoms with Crippen molar-refractivity contribution in [2.24, 2.45) is 23.7 Å². The predicted molar refractivity (Wildman–Crippen MR) is 80.8 cm³/mol. The van der Waals surface area contributed by atoms with E-state index in [9.17, 15) is 5.11 Å². The summed E-state index contributed by atoms with van der Waals surface area (Å²) in [6.07, 6.45) is 12.0. The SMILES string of the molecule is OC1(CCCO[C@H]2CCCCO2)C2CC3CC(C2)CC1C3. The molecule has 0 aromatic heterocycles. The van der Waals surface area contributed by atoms with E-state index >= 15 is 0 Å². The Hall–Kier alpha value is -0.120. The maximum atomic E-state index is 11.2. The van der Waals surface area contributed by atoms with Gasteiger partial charge in [-0.2, -0.15) is 0 Å². The minimum atomic E-state index is -0.371. The smallest absolute Gasteiger partial charge is 0.157 e. The van der Waals surface area contributed by atoms with E-state index in [1.54, 1.807) is 0 Å². The Morgan fingerprint density at radius 1 is 1.00 bits per heavy atom. The van der Waals surface area contributed by atoms with Crippen molar-refractivity contribution in [2.75, 3.05) is 13.2 Å². The van der Waals surface area contributed by atoms with Gasteiger partial charge in [0.1, 0.15) is 0 Å². The fourth-order valence-corrected chi connectivity index (χ4v) is 5.82. The van der Waals surface area contributed by atoms with Crippen molar-refractivity contribution in [3.8, 4) is 0 Å². The summed E-state index contributed by atoms with van der Waals surface area (Å²) in [5, 5.41) is 11.2. The van der Waals surface area contributed by atoms with Crippen molar-refractivity contribution in [1.29, 1.82) is 0 Å². The van der Waals surface area contributed by atoms with Crippen molar-refractivity contribution in [2.45, 2.75) is 76.1 Å². The summed E-state index contributed by atoms with van der Waals surface area (Å²) in [7, 11) is 0. The third-order valence-corrected chi connectivity index (χ3v) is 6.72. The van der Waals surface area contributed by atoms with Crippen LogP contribution >= 0.6 is 0 Å². The molecule has 4 saturated carbocycles. The first-order valence-electron chi connectivity index (χ1n) is 9.19. The quantitative estimate of drug-likeness (QED) is 0.789. The lowest BCUT2D eigenvalue weighted by molar-refractivity contribution is -0.186. The molecule has 5 aliphatic rings. The van der Waals surface area contributed by atoms with E-state index < -0.39 is 0 Å². The van der Waals surface area contributed by atoms with Crippen LogP contribution in [0.3, 0.4) is 0 Å². The first-order valence-corrected chi connectivity index (χ1v) is 9.19. The zero-order valence-corrected chi connectivity index (χ0v) is 13.1. The minimum absolute atomic E-state index is 0.0203. The molecule has 0 aromatic rings. The second kappa shape index (κ2) is 5.82. The van der Waals surface area contributed by atoms with Crippen LogP contribution in [0.25, 0.3) is 0 Å². The third-order valence-electron chi connectivity index (χ3n) is 6.72. The van der Waals surface area contributed by atoms with E-state index in [1.807, 2.05) is 0 Å². The topological polar surface area (TPSA) is 38.7 Å². The van der Waals surface area contributed by atoms with E-state index in [0.29, 0.717) is 11.8 Å². The van der Waals surface area contributed by atoms with E-state index in [1.165, 1.54) is 44.9 Å². The van der Waals surface area contributed by atoms with Crippen molar-refractivity contribution in [1.82, 2.24) is 0 Å². The molecule has 21 heavy (non-hydrogen) atoms. The minimum Gasteiger partial charge on any atom is -0.389 e. The lowest BCUT2D eigenvalue weighted by Crippen LogP contribution is -2.57. The molecule has 0 unspecified atom stereocenters. The van der Waals surface area contributed by atoms with Gasteiger partial charge in [-0.3, -0.25) is 0 Å². The Balaban J connectivity index is 1.26. The second-order valence-corrected chi connectivity index (χ2v) is 8.07. The molecule has 5 fully saturated rings. The Morgan fingerprint density at radius 2 is 1.71 bits per heavy atom. The molecule has 3 nitrogen and oxygen atoms in total. The monoisotopic (exact) mass is 294 g/mol. The summed E-state index contributed by atoms with van der Waals surface area (Å²) in [6, 6.07) is 0. The molecule has 4 aliphatic carbocycles. The summed E-state index contributed by atoms with van der Waals surface area (Å²) >= 11 is 0. The Bertz CT molecular complexity index is 333. The molecule has 1 aliphatic heterocycles. The highest BCUT2D eigenvalue weighted by atomic mass is 16.7. The predicted octanol–water partition coefficient (Wildman–Crippen LogP) is 3.50. The number of ether oxygens (including phenoxy) is 2. The van der Waals surface area contributed by atoms with Crippen LogP contribution in [-0.4, -0.2) is 30.2 Å². The van der Waals surface area contributed by atoms with Gasteiger partial charge >= 0.3 is 0 Å². The van der Waals surface area contributed by atoms with Crippen LogP contribution in [0.4, 0.5) is 0 Å². The molecular formula is C18H30O3. The fourth-order valence-electron chi connectivity index (χ4n) is 5.82. The number of hydrogen-bond acceptors (Lipinski definition) is 3. The van der Waals surface area contributed by atoms with Crippen LogP contribution in [0.5, 0.6) is 0 Å². The molecule has 1 saturated heterocycles. The number of aliphatic hydroxyl groups is 1. The first-order chi connectivity index (χ1) is 10.2. The number of rotatable bonds is 5. The fraction of sp³-hybridized carbons (Fsp3) is 1.00. The van der Waals surface area contributed by atoms with Gasteiger partial charge in [-0.1, -0.05) is 0 Å². The number of hydrogen-bond donors (Lipinski definition) is 1. The molecule has 0 spiro atoms. The van der Waals surface area contributed by atoms with Gasteiger partial charge in [0.25, 0.3) is 0 Å². The first kappa shape index (κ1) is 14.5. The highest BCUT2D eigenvalue weighted by Crippen LogP contribution is 2.59. The zero-order valence-electron chi connectivity index (χ0n) is 13.1. The molecule has 0 aromatic carbocycles. The normalized spacial score (nSPS) is 48.7. The molecule has 1 atom stereocenters. The Morgan fingerprint density at radius 3 is 2.33 bits per heavy atom. The van der Waals surface area contributed by atoms with E-state index in [0.717, 1.165) is 44.3 Å². The van der Waals surface area contributed by atoms with Crippen molar-refractivity contribution in [3.05, 3.63) is 0 Å². The van der Waals surface area contributed by atoms with E-state index in [4.69, 9.17) is 9.47 Å². The van der Waals surface area contributed by atoms with E-state index in [2.05, 4.69) is 0 Å². The molecule has 120 valence electrons. The van der Waals surface area contributed by atoms with Gasteiger partial charge in [-0.05, 0) is 87.9 Å².